The van der Waals surface area contributed by atoms with Crippen LogP contribution in [-0.4, -0.2) is 37.0 Å². The monoisotopic (exact) mass is 161 g/mol. The van der Waals surface area contributed by atoms with Gasteiger partial charge in [-0.3, -0.25) is 0 Å². The molecule has 2 unspecified atom stereocenters. The van der Waals surface area contributed by atoms with Crippen molar-refractivity contribution in [2.75, 3.05) is 19.8 Å². The zero-order valence-corrected chi connectivity index (χ0v) is 7.63. The maximum Gasteiger partial charge on any atom is 0.0662 e. The molecule has 0 saturated carbocycles. The van der Waals surface area contributed by atoms with Gasteiger partial charge in [0.15, 0.2) is 0 Å². The minimum atomic E-state index is -0.295. The summed E-state index contributed by atoms with van der Waals surface area (Å²) in [7, 11) is 0. The van der Waals surface area contributed by atoms with Gasteiger partial charge in [0.1, 0.15) is 0 Å². The molecule has 68 valence electrons. The fraction of sp³-hybridized carbons (Fsp3) is 1.00. The lowest BCUT2D eigenvalue weighted by atomic mass is 10.2. The number of nitrogens with one attached hydrogen (secondary N) is 1. The molecule has 0 aliphatic rings. The van der Waals surface area contributed by atoms with Crippen LogP contribution in [0.2, 0.25) is 0 Å². The highest BCUT2D eigenvalue weighted by molar-refractivity contribution is 4.65. The molecule has 0 amide bonds. The van der Waals surface area contributed by atoms with Crippen LogP contribution in [-0.2, 0) is 4.74 Å². The number of aliphatic hydroxyl groups is 1. The zero-order chi connectivity index (χ0) is 8.69. The van der Waals surface area contributed by atoms with Gasteiger partial charge in [0.2, 0.25) is 0 Å². The maximum absolute atomic E-state index is 9.07. The average Bonchev–Trinajstić information content (AvgIpc) is 1.97. The Balaban J connectivity index is 3.10. The lowest BCUT2D eigenvalue weighted by Gasteiger charge is -2.15. The number of ether oxygens (including phenoxy) is 1. The molecule has 0 aromatic carbocycles. The van der Waals surface area contributed by atoms with Gasteiger partial charge in [0, 0.05) is 19.2 Å². The van der Waals surface area contributed by atoms with Gasteiger partial charge in [0.05, 0.1) is 12.7 Å². The van der Waals surface area contributed by atoms with E-state index in [1.165, 1.54) is 0 Å². The van der Waals surface area contributed by atoms with Crippen molar-refractivity contribution in [3.05, 3.63) is 0 Å². The summed E-state index contributed by atoms with van der Waals surface area (Å²) in [6.07, 6.45) is -0.295. The second-order valence-corrected chi connectivity index (χ2v) is 2.68. The molecule has 2 atom stereocenters. The molecular weight excluding hydrogens is 142 g/mol. The van der Waals surface area contributed by atoms with E-state index in [9.17, 15) is 0 Å². The second-order valence-electron chi connectivity index (χ2n) is 2.68. The first kappa shape index (κ1) is 10.9. The Kier molecular flexibility index (Phi) is 6.51. The molecule has 3 nitrogen and oxygen atoms in total. The van der Waals surface area contributed by atoms with Gasteiger partial charge in [-0.05, 0) is 20.8 Å². The second kappa shape index (κ2) is 6.58. The van der Waals surface area contributed by atoms with Crippen LogP contribution in [0.5, 0.6) is 0 Å². The third-order valence-corrected chi connectivity index (χ3v) is 1.64. The largest absolute Gasteiger partial charge is 0.392 e. The molecule has 2 N–H and O–H groups in total. The number of hydrogen-bond acceptors (Lipinski definition) is 3. The molecule has 0 saturated heterocycles. The van der Waals surface area contributed by atoms with E-state index in [1.807, 2.05) is 13.8 Å². The van der Waals surface area contributed by atoms with Gasteiger partial charge in [-0.15, -0.1) is 0 Å². The topological polar surface area (TPSA) is 41.5 Å². The Morgan fingerprint density at radius 2 is 2.09 bits per heavy atom. The van der Waals surface area contributed by atoms with Crippen molar-refractivity contribution in [1.82, 2.24) is 5.32 Å². The van der Waals surface area contributed by atoms with E-state index in [2.05, 4.69) is 5.32 Å². The molecule has 11 heavy (non-hydrogen) atoms. The first-order valence-corrected chi connectivity index (χ1v) is 4.17. The molecule has 0 rings (SSSR count). The normalized spacial score (nSPS) is 16.4. The molecule has 0 fully saturated rings. The molecule has 0 aliphatic carbocycles. The smallest absolute Gasteiger partial charge is 0.0662 e. The Morgan fingerprint density at radius 1 is 1.45 bits per heavy atom. The SMILES string of the molecule is CCOCCNC(C)C(C)O. The highest BCUT2D eigenvalue weighted by Crippen LogP contribution is 1.88. The molecule has 3 heteroatoms. The molecule has 0 aromatic rings. The van der Waals surface area contributed by atoms with E-state index in [-0.39, 0.29) is 12.1 Å². The predicted octanol–water partition coefficient (Wildman–Crippen LogP) is 0.382. The minimum Gasteiger partial charge on any atom is -0.392 e. The first-order chi connectivity index (χ1) is 5.18. The number of aliphatic hydroxyl groups excluding tert-OH is 1. The van der Waals surface area contributed by atoms with E-state index < -0.39 is 0 Å². The predicted molar refractivity (Wildman–Crippen MR) is 45.6 cm³/mol. The molecule has 0 heterocycles. The third-order valence-electron chi connectivity index (χ3n) is 1.64. The summed E-state index contributed by atoms with van der Waals surface area (Å²) in [6.45, 7) is 7.98. The third kappa shape index (κ3) is 6.28. The van der Waals surface area contributed by atoms with E-state index in [1.54, 1.807) is 6.92 Å². The Hall–Kier alpha value is -0.120. The maximum atomic E-state index is 9.07. The van der Waals surface area contributed by atoms with Crippen LogP contribution in [0.4, 0.5) is 0 Å². The lowest BCUT2D eigenvalue weighted by Crippen LogP contribution is -2.37. The summed E-state index contributed by atoms with van der Waals surface area (Å²) >= 11 is 0. The first-order valence-electron chi connectivity index (χ1n) is 4.17. The molecule has 0 spiro atoms. The Labute approximate surface area is 68.8 Å². The summed E-state index contributed by atoms with van der Waals surface area (Å²) in [4.78, 5) is 0. The summed E-state index contributed by atoms with van der Waals surface area (Å²) in [5.41, 5.74) is 0. The summed E-state index contributed by atoms with van der Waals surface area (Å²) < 4.78 is 5.12. The van der Waals surface area contributed by atoms with Gasteiger partial charge >= 0.3 is 0 Å². The van der Waals surface area contributed by atoms with E-state index in [4.69, 9.17) is 9.84 Å². The van der Waals surface area contributed by atoms with Gasteiger partial charge in [-0.2, -0.15) is 0 Å². The summed E-state index contributed by atoms with van der Waals surface area (Å²) in [5, 5.41) is 12.2. The molecule has 0 radical (unpaired) electrons. The van der Waals surface area contributed by atoms with E-state index >= 15 is 0 Å². The van der Waals surface area contributed by atoms with E-state index in [0.717, 1.165) is 13.2 Å². The fourth-order valence-corrected chi connectivity index (χ4v) is 0.674. The van der Waals surface area contributed by atoms with Crippen molar-refractivity contribution in [3.8, 4) is 0 Å². The zero-order valence-electron chi connectivity index (χ0n) is 7.63. The molecule has 0 bridgehead atoms. The van der Waals surface area contributed by atoms with Crippen molar-refractivity contribution in [1.29, 1.82) is 0 Å². The van der Waals surface area contributed by atoms with Crippen molar-refractivity contribution < 1.29 is 9.84 Å². The molecule has 0 aromatic heterocycles. The van der Waals surface area contributed by atoms with Crippen LogP contribution >= 0.6 is 0 Å². The van der Waals surface area contributed by atoms with Gasteiger partial charge in [-0.25, -0.2) is 0 Å². The van der Waals surface area contributed by atoms with Gasteiger partial charge < -0.3 is 15.2 Å². The Morgan fingerprint density at radius 3 is 2.55 bits per heavy atom. The van der Waals surface area contributed by atoms with Crippen molar-refractivity contribution in [2.45, 2.75) is 32.9 Å². The standard InChI is InChI=1S/C8H19NO2/c1-4-11-6-5-9-7(2)8(3)10/h7-10H,4-6H2,1-3H3. The van der Waals surface area contributed by atoms with Gasteiger partial charge in [0.25, 0.3) is 0 Å². The van der Waals surface area contributed by atoms with Crippen LogP contribution in [0.3, 0.4) is 0 Å². The van der Waals surface area contributed by atoms with Crippen LogP contribution in [0, 0.1) is 0 Å². The Bertz CT molecular complexity index is 86.2. The van der Waals surface area contributed by atoms with Crippen LogP contribution in [0.25, 0.3) is 0 Å². The van der Waals surface area contributed by atoms with E-state index in [0.29, 0.717) is 6.61 Å². The summed E-state index contributed by atoms with van der Waals surface area (Å²) in [5.74, 6) is 0. The highest BCUT2D eigenvalue weighted by atomic mass is 16.5. The van der Waals surface area contributed by atoms with Crippen molar-refractivity contribution >= 4 is 0 Å². The lowest BCUT2D eigenvalue weighted by molar-refractivity contribution is 0.125. The summed E-state index contributed by atoms with van der Waals surface area (Å²) in [6, 6.07) is 0.149. The number of hydrogen-bond donors (Lipinski definition) is 2. The van der Waals surface area contributed by atoms with Crippen molar-refractivity contribution in [2.24, 2.45) is 0 Å². The minimum absolute atomic E-state index is 0.149. The molecule has 0 aliphatic heterocycles. The van der Waals surface area contributed by atoms with Crippen LogP contribution in [0.15, 0.2) is 0 Å². The highest BCUT2D eigenvalue weighted by Gasteiger charge is 2.05. The van der Waals surface area contributed by atoms with Crippen LogP contribution < -0.4 is 5.32 Å². The van der Waals surface area contributed by atoms with Crippen LogP contribution in [0.1, 0.15) is 20.8 Å². The average molecular weight is 161 g/mol. The number of rotatable bonds is 6. The van der Waals surface area contributed by atoms with Crippen molar-refractivity contribution in [3.63, 3.8) is 0 Å². The van der Waals surface area contributed by atoms with Gasteiger partial charge in [-0.1, -0.05) is 0 Å². The quantitative estimate of drug-likeness (QED) is 0.553. The molecular formula is C8H19NO2. The fourth-order valence-electron chi connectivity index (χ4n) is 0.674.